The van der Waals surface area contributed by atoms with Gasteiger partial charge >= 0.3 is 0 Å². The molecule has 1 rings (SSSR count). The molecule has 0 radical (unpaired) electrons. The molecule has 0 amide bonds. The molecule has 0 nitrogen and oxygen atoms in total. The lowest BCUT2D eigenvalue weighted by Gasteiger charge is -2.37. The molecule has 102 valence electrons. The predicted octanol–water partition coefficient (Wildman–Crippen LogP) is 5.91. The third-order valence-electron chi connectivity index (χ3n) is 5.52. The molecular formula is C17H34. The fraction of sp³-hybridized carbons (Fsp3) is 1.00. The van der Waals surface area contributed by atoms with E-state index in [0.717, 1.165) is 23.2 Å². The molecule has 17 heavy (non-hydrogen) atoms. The van der Waals surface area contributed by atoms with Crippen LogP contribution in [0.4, 0.5) is 0 Å². The minimum absolute atomic E-state index is 0.465. The van der Waals surface area contributed by atoms with Gasteiger partial charge in [0.15, 0.2) is 0 Å². The largest absolute Gasteiger partial charge is 0.0654 e. The molecule has 0 aliphatic heterocycles. The lowest BCUT2D eigenvalue weighted by molar-refractivity contribution is 0.125. The second-order valence-corrected chi connectivity index (χ2v) is 7.92. The molecule has 1 aliphatic carbocycles. The topological polar surface area (TPSA) is 0 Å². The summed E-state index contributed by atoms with van der Waals surface area (Å²) in [5.74, 6) is 2.66. The van der Waals surface area contributed by atoms with Crippen LogP contribution >= 0.6 is 0 Å². The maximum Gasteiger partial charge on any atom is -0.0271 e. The molecule has 0 saturated heterocycles. The van der Waals surface area contributed by atoms with Crippen LogP contribution in [0.25, 0.3) is 0 Å². The first-order chi connectivity index (χ1) is 7.73. The van der Waals surface area contributed by atoms with Crippen LogP contribution in [0.5, 0.6) is 0 Å². The van der Waals surface area contributed by atoms with Crippen molar-refractivity contribution in [3.63, 3.8) is 0 Å². The number of hydrogen-bond acceptors (Lipinski definition) is 0. The van der Waals surface area contributed by atoms with Crippen LogP contribution in [0.2, 0.25) is 0 Å². The Hall–Kier alpha value is 0. The van der Waals surface area contributed by atoms with Crippen LogP contribution in [0.1, 0.15) is 80.6 Å². The summed E-state index contributed by atoms with van der Waals surface area (Å²) in [5.41, 5.74) is 1.19. The predicted molar refractivity (Wildman–Crippen MR) is 78.1 cm³/mol. The molecule has 0 aromatic rings. The molecule has 0 heterocycles. The van der Waals surface area contributed by atoms with E-state index in [2.05, 4.69) is 48.5 Å². The molecule has 2 atom stereocenters. The Balaban J connectivity index is 2.67. The van der Waals surface area contributed by atoms with E-state index in [1.807, 2.05) is 0 Å². The van der Waals surface area contributed by atoms with Crippen LogP contribution in [0.15, 0.2) is 0 Å². The second-order valence-electron chi connectivity index (χ2n) is 7.92. The lowest BCUT2D eigenvalue weighted by atomic mass is 9.68. The van der Waals surface area contributed by atoms with Crippen molar-refractivity contribution in [2.24, 2.45) is 28.6 Å². The van der Waals surface area contributed by atoms with Gasteiger partial charge in [-0.3, -0.25) is 0 Å². The van der Waals surface area contributed by atoms with Gasteiger partial charge in [0.25, 0.3) is 0 Å². The molecule has 0 spiro atoms. The Morgan fingerprint density at radius 3 is 1.88 bits per heavy atom. The summed E-state index contributed by atoms with van der Waals surface area (Å²) in [6.07, 6.45) is 7.23. The highest BCUT2D eigenvalue weighted by atomic mass is 14.5. The quantitative estimate of drug-likeness (QED) is 0.539. The summed E-state index contributed by atoms with van der Waals surface area (Å²) < 4.78 is 0. The van der Waals surface area contributed by atoms with Crippen LogP contribution in [-0.2, 0) is 0 Å². The summed E-state index contributed by atoms with van der Waals surface area (Å²) in [5, 5.41) is 0. The van der Waals surface area contributed by atoms with Gasteiger partial charge in [-0.2, -0.15) is 0 Å². The monoisotopic (exact) mass is 238 g/mol. The summed E-state index contributed by atoms with van der Waals surface area (Å²) in [7, 11) is 0. The van der Waals surface area contributed by atoms with Crippen molar-refractivity contribution in [1.29, 1.82) is 0 Å². The summed E-state index contributed by atoms with van der Waals surface area (Å²) >= 11 is 0. The minimum atomic E-state index is 0.465. The van der Waals surface area contributed by atoms with E-state index in [1.165, 1.54) is 32.1 Å². The molecule has 0 aromatic heterocycles. The highest BCUT2D eigenvalue weighted by Gasteiger charge is 2.47. The van der Waals surface area contributed by atoms with Crippen molar-refractivity contribution in [2.75, 3.05) is 0 Å². The Kier molecular flexibility index (Phi) is 4.72. The summed E-state index contributed by atoms with van der Waals surface area (Å²) in [4.78, 5) is 0. The average molecular weight is 238 g/mol. The fourth-order valence-electron chi connectivity index (χ4n) is 3.31. The van der Waals surface area contributed by atoms with E-state index >= 15 is 0 Å². The van der Waals surface area contributed by atoms with Gasteiger partial charge < -0.3 is 0 Å². The first-order valence-electron chi connectivity index (χ1n) is 7.73. The highest BCUT2D eigenvalue weighted by Crippen LogP contribution is 2.58. The maximum absolute atomic E-state index is 2.48. The second kappa shape index (κ2) is 5.33. The Morgan fingerprint density at radius 2 is 1.59 bits per heavy atom. The summed E-state index contributed by atoms with van der Waals surface area (Å²) in [6, 6.07) is 0. The van der Waals surface area contributed by atoms with Gasteiger partial charge in [0.1, 0.15) is 0 Å². The number of hydrogen-bond donors (Lipinski definition) is 0. The summed E-state index contributed by atoms with van der Waals surface area (Å²) in [6.45, 7) is 16.9. The van der Waals surface area contributed by atoms with Gasteiger partial charge in [0.05, 0.1) is 0 Å². The van der Waals surface area contributed by atoms with Gasteiger partial charge in [0, 0.05) is 0 Å². The van der Waals surface area contributed by atoms with Crippen LogP contribution in [0, 0.1) is 28.6 Å². The van der Waals surface area contributed by atoms with E-state index in [-0.39, 0.29) is 0 Å². The molecule has 1 aliphatic rings. The van der Waals surface area contributed by atoms with Crippen molar-refractivity contribution in [2.45, 2.75) is 80.6 Å². The van der Waals surface area contributed by atoms with Gasteiger partial charge in [-0.05, 0) is 47.8 Å². The van der Waals surface area contributed by atoms with Crippen molar-refractivity contribution >= 4 is 0 Å². The zero-order valence-corrected chi connectivity index (χ0v) is 13.3. The highest BCUT2D eigenvalue weighted by molar-refractivity contribution is 4.98. The van der Waals surface area contributed by atoms with Gasteiger partial charge in [-0.1, -0.05) is 61.3 Å². The van der Waals surface area contributed by atoms with Gasteiger partial charge in [0.2, 0.25) is 0 Å². The van der Waals surface area contributed by atoms with Crippen molar-refractivity contribution in [3.8, 4) is 0 Å². The Bertz CT molecular complexity index is 227. The third kappa shape index (κ3) is 3.73. The average Bonchev–Trinajstić information content (AvgIpc) is 2.96. The third-order valence-corrected chi connectivity index (χ3v) is 5.52. The van der Waals surface area contributed by atoms with Crippen LogP contribution < -0.4 is 0 Å². The first-order valence-corrected chi connectivity index (χ1v) is 7.73. The zero-order valence-electron chi connectivity index (χ0n) is 13.3. The molecule has 1 saturated carbocycles. The zero-order chi connectivity index (χ0) is 13.3. The Morgan fingerprint density at radius 1 is 1.06 bits per heavy atom. The van der Waals surface area contributed by atoms with E-state index in [9.17, 15) is 0 Å². The molecule has 1 fully saturated rings. The standard InChI is InChI=1S/C17H34/c1-8-9-15(14(4)16(5,6)7)12-17(10-11-17)13(2)3/h13-15H,8-12H2,1-7H3. The van der Waals surface area contributed by atoms with E-state index < -0.39 is 0 Å². The van der Waals surface area contributed by atoms with E-state index in [1.54, 1.807) is 0 Å². The molecule has 0 aromatic carbocycles. The first kappa shape index (κ1) is 15.1. The lowest BCUT2D eigenvalue weighted by Crippen LogP contribution is -2.29. The van der Waals surface area contributed by atoms with Crippen molar-refractivity contribution < 1.29 is 0 Å². The van der Waals surface area contributed by atoms with Gasteiger partial charge in [-0.15, -0.1) is 0 Å². The Labute approximate surface area is 110 Å². The van der Waals surface area contributed by atoms with Crippen LogP contribution in [-0.4, -0.2) is 0 Å². The van der Waals surface area contributed by atoms with E-state index in [0.29, 0.717) is 5.41 Å². The maximum atomic E-state index is 2.48. The molecular weight excluding hydrogens is 204 g/mol. The molecule has 2 unspecified atom stereocenters. The molecule has 0 heteroatoms. The molecule has 0 bridgehead atoms. The van der Waals surface area contributed by atoms with Gasteiger partial charge in [-0.25, -0.2) is 0 Å². The smallest absolute Gasteiger partial charge is 0.0271 e. The van der Waals surface area contributed by atoms with Crippen molar-refractivity contribution in [1.82, 2.24) is 0 Å². The minimum Gasteiger partial charge on any atom is -0.0654 e. The molecule has 0 N–H and O–H groups in total. The normalized spacial score (nSPS) is 22.6. The van der Waals surface area contributed by atoms with Crippen molar-refractivity contribution in [3.05, 3.63) is 0 Å². The van der Waals surface area contributed by atoms with E-state index in [4.69, 9.17) is 0 Å². The van der Waals surface area contributed by atoms with Crippen LogP contribution in [0.3, 0.4) is 0 Å². The fourth-order valence-corrected chi connectivity index (χ4v) is 3.31. The number of rotatable bonds is 6. The SMILES string of the molecule is CCCC(CC1(C(C)C)CC1)C(C)C(C)(C)C.